The molecule has 0 atom stereocenters. The predicted molar refractivity (Wildman–Crippen MR) is 91.9 cm³/mol. The molecule has 0 spiro atoms. The van der Waals surface area contributed by atoms with E-state index in [0.717, 1.165) is 24.8 Å². The molecule has 0 aliphatic carbocycles. The van der Waals surface area contributed by atoms with Crippen molar-refractivity contribution in [2.45, 2.75) is 40.0 Å². The Kier molecular flexibility index (Phi) is 7.20. The summed E-state index contributed by atoms with van der Waals surface area (Å²) >= 11 is 0. The first-order chi connectivity index (χ1) is 10.8. The third-order valence-corrected chi connectivity index (χ3v) is 4.10. The summed E-state index contributed by atoms with van der Waals surface area (Å²) in [6.45, 7) is 6.78. The molecule has 0 aliphatic heterocycles. The molecule has 0 saturated carbocycles. The fourth-order valence-electron chi connectivity index (χ4n) is 2.49. The molecule has 1 rings (SSSR count). The zero-order chi connectivity index (χ0) is 17.5. The van der Waals surface area contributed by atoms with Gasteiger partial charge in [-0.25, -0.2) is 0 Å². The molecule has 0 aromatic carbocycles. The monoisotopic (exact) mass is 319 g/mol. The van der Waals surface area contributed by atoms with Crippen molar-refractivity contribution in [3.8, 4) is 0 Å². The van der Waals surface area contributed by atoms with Gasteiger partial charge in [-0.05, 0) is 44.4 Å². The zero-order valence-electron chi connectivity index (χ0n) is 15.0. The Balaban J connectivity index is 2.63. The third-order valence-electron chi connectivity index (χ3n) is 4.10. The number of hydrogen-bond donors (Lipinski definition) is 0. The largest absolute Gasteiger partial charge is 0.345 e. The Morgan fingerprint density at radius 3 is 2.09 bits per heavy atom. The Bertz CT molecular complexity index is 514. The molecule has 2 amide bonds. The zero-order valence-corrected chi connectivity index (χ0v) is 15.0. The smallest absolute Gasteiger partial charge is 0.237 e. The quantitative estimate of drug-likeness (QED) is 0.691. The van der Waals surface area contributed by atoms with E-state index < -0.39 is 5.41 Å². The summed E-state index contributed by atoms with van der Waals surface area (Å²) in [7, 11) is 3.52. The molecule has 5 heteroatoms. The van der Waals surface area contributed by atoms with Crippen molar-refractivity contribution >= 4 is 11.8 Å². The highest BCUT2D eigenvalue weighted by atomic mass is 16.2. The second kappa shape index (κ2) is 8.65. The maximum atomic E-state index is 12.7. The van der Waals surface area contributed by atoms with Crippen molar-refractivity contribution in [3.05, 3.63) is 30.1 Å². The van der Waals surface area contributed by atoms with E-state index in [2.05, 4.69) is 11.9 Å². The molecule has 0 bridgehead atoms. The molecule has 0 unspecified atom stereocenters. The van der Waals surface area contributed by atoms with E-state index in [4.69, 9.17) is 0 Å². The van der Waals surface area contributed by atoms with Gasteiger partial charge in [0.25, 0.3) is 0 Å². The van der Waals surface area contributed by atoms with Crippen molar-refractivity contribution in [2.24, 2.45) is 5.41 Å². The van der Waals surface area contributed by atoms with Crippen LogP contribution in [-0.2, 0) is 16.0 Å². The minimum Gasteiger partial charge on any atom is -0.345 e. The molecule has 23 heavy (non-hydrogen) atoms. The lowest BCUT2D eigenvalue weighted by atomic mass is 9.89. The second-order valence-electron chi connectivity index (χ2n) is 6.54. The topological polar surface area (TPSA) is 53.5 Å². The molecule has 5 nitrogen and oxygen atoms in total. The molecular weight excluding hydrogens is 290 g/mol. The van der Waals surface area contributed by atoms with Crippen LogP contribution in [0.1, 0.15) is 39.2 Å². The molecular formula is C18H29N3O2. The van der Waals surface area contributed by atoms with Crippen molar-refractivity contribution in [1.29, 1.82) is 0 Å². The SMILES string of the molecule is CCCCN(C)C(=O)C(C)(C)C(=O)N(C)CCc1ccncc1. The number of unbranched alkanes of at least 4 members (excludes halogenated alkanes) is 1. The minimum atomic E-state index is -1.03. The number of amides is 2. The van der Waals surface area contributed by atoms with Crippen molar-refractivity contribution in [3.63, 3.8) is 0 Å². The second-order valence-corrected chi connectivity index (χ2v) is 6.54. The van der Waals surface area contributed by atoms with E-state index in [9.17, 15) is 9.59 Å². The molecule has 0 radical (unpaired) electrons. The van der Waals surface area contributed by atoms with Crippen LogP contribution in [0.2, 0.25) is 0 Å². The number of carbonyl (C=O) groups excluding carboxylic acids is 2. The number of pyridine rings is 1. The first-order valence-electron chi connectivity index (χ1n) is 8.20. The lowest BCUT2D eigenvalue weighted by molar-refractivity contribution is -0.152. The van der Waals surface area contributed by atoms with E-state index in [-0.39, 0.29) is 11.8 Å². The van der Waals surface area contributed by atoms with Gasteiger partial charge in [0.2, 0.25) is 11.8 Å². The number of rotatable bonds is 8. The van der Waals surface area contributed by atoms with Gasteiger partial charge in [0.1, 0.15) is 5.41 Å². The van der Waals surface area contributed by atoms with Crippen LogP contribution in [0, 0.1) is 5.41 Å². The molecule has 0 saturated heterocycles. The number of aromatic nitrogens is 1. The molecule has 1 heterocycles. The maximum absolute atomic E-state index is 12.7. The van der Waals surface area contributed by atoms with Crippen LogP contribution in [0.15, 0.2) is 24.5 Å². The summed E-state index contributed by atoms with van der Waals surface area (Å²) in [5, 5.41) is 0. The van der Waals surface area contributed by atoms with Gasteiger partial charge in [0, 0.05) is 39.6 Å². The summed E-state index contributed by atoms with van der Waals surface area (Å²) in [4.78, 5) is 32.5. The standard InChI is InChI=1S/C18H29N3O2/c1-6-7-13-20(4)16(22)18(2,3)17(23)21(5)14-10-15-8-11-19-12-9-15/h8-9,11-12H,6-7,10,13-14H2,1-5H3. The molecule has 128 valence electrons. The molecule has 0 fully saturated rings. The fraction of sp³-hybridized carbons (Fsp3) is 0.611. The Morgan fingerprint density at radius 1 is 1.04 bits per heavy atom. The Morgan fingerprint density at radius 2 is 1.57 bits per heavy atom. The van der Waals surface area contributed by atoms with Gasteiger partial charge in [-0.2, -0.15) is 0 Å². The minimum absolute atomic E-state index is 0.119. The first-order valence-corrected chi connectivity index (χ1v) is 8.20. The van der Waals surface area contributed by atoms with Gasteiger partial charge in [-0.3, -0.25) is 14.6 Å². The molecule has 1 aromatic rings. The van der Waals surface area contributed by atoms with Crippen molar-refractivity contribution in [1.82, 2.24) is 14.8 Å². The van der Waals surface area contributed by atoms with E-state index in [1.165, 1.54) is 0 Å². The molecule has 0 N–H and O–H groups in total. The fourth-order valence-corrected chi connectivity index (χ4v) is 2.49. The Hall–Kier alpha value is -1.91. The van der Waals surface area contributed by atoms with Gasteiger partial charge in [-0.15, -0.1) is 0 Å². The highest BCUT2D eigenvalue weighted by molar-refractivity contribution is 6.04. The Labute approximate surface area is 139 Å². The number of carbonyl (C=O) groups is 2. The van der Waals surface area contributed by atoms with E-state index in [0.29, 0.717) is 13.1 Å². The summed E-state index contributed by atoms with van der Waals surface area (Å²) in [5.74, 6) is -0.258. The van der Waals surface area contributed by atoms with Crippen molar-refractivity contribution in [2.75, 3.05) is 27.2 Å². The van der Waals surface area contributed by atoms with Crippen LogP contribution in [0.5, 0.6) is 0 Å². The van der Waals surface area contributed by atoms with Gasteiger partial charge in [0.15, 0.2) is 0 Å². The lowest BCUT2D eigenvalue weighted by Gasteiger charge is -2.32. The molecule has 1 aromatic heterocycles. The van der Waals surface area contributed by atoms with Gasteiger partial charge in [-0.1, -0.05) is 13.3 Å². The van der Waals surface area contributed by atoms with Crippen LogP contribution in [0.25, 0.3) is 0 Å². The number of likely N-dealkylation sites (N-methyl/N-ethyl adjacent to an activating group) is 1. The maximum Gasteiger partial charge on any atom is 0.237 e. The van der Waals surface area contributed by atoms with Crippen LogP contribution in [-0.4, -0.2) is 53.8 Å². The number of hydrogen-bond acceptors (Lipinski definition) is 3. The van der Waals surface area contributed by atoms with E-state index >= 15 is 0 Å². The average molecular weight is 319 g/mol. The first kappa shape index (κ1) is 19.1. The highest BCUT2D eigenvalue weighted by Gasteiger charge is 2.39. The third kappa shape index (κ3) is 5.34. The highest BCUT2D eigenvalue weighted by Crippen LogP contribution is 2.22. The number of nitrogens with zero attached hydrogens (tertiary/aromatic N) is 3. The van der Waals surface area contributed by atoms with Crippen LogP contribution in [0.3, 0.4) is 0 Å². The van der Waals surface area contributed by atoms with Crippen LogP contribution in [0.4, 0.5) is 0 Å². The van der Waals surface area contributed by atoms with Crippen LogP contribution < -0.4 is 0 Å². The summed E-state index contributed by atoms with van der Waals surface area (Å²) in [6, 6.07) is 3.88. The summed E-state index contributed by atoms with van der Waals surface area (Å²) in [5.41, 5.74) is 0.0963. The van der Waals surface area contributed by atoms with Crippen molar-refractivity contribution < 1.29 is 9.59 Å². The van der Waals surface area contributed by atoms with E-state index in [1.54, 1.807) is 50.1 Å². The average Bonchev–Trinajstić information content (AvgIpc) is 2.56. The van der Waals surface area contributed by atoms with Gasteiger partial charge < -0.3 is 9.80 Å². The summed E-state index contributed by atoms with van der Waals surface area (Å²) in [6.07, 6.45) is 6.21. The van der Waals surface area contributed by atoms with Gasteiger partial charge in [0.05, 0.1) is 0 Å². The molecule has 0 aliphatic rings. The predicted octanol–water partition coefficient (Wildman–Crippen LogP) is 2.37. The normalized spacial score (nSPS) is 11.2. The summed E-state index contributed by atoms with van der Waals surface area (Å²) < 4.78 is 0. The lowest BCUT2D eigenvalue weighted by Crippen LogP contribution is -2.49. The van der Waals surface area contributed by atoms with Gasteiger partial charge >= 0.3 is 0 Å². The van der Waals surface area contributed by atoms with E-state index in [1.807, 2.05) is 12.1 Å². The van der Waals surface area contributed by atoms with Crippen LogP contribution >= 0.6 is 0 Å².